The predicted octanol–water partition coefficient (Wildman–Crippen LogP) is 4.04. The molecular formula is C16H26N2S. The molecule has 1 N–H and O–H groups in total. The van der Waals surface area contributed by atoms with Crippen LogP contribution in [-0.4, -0.2) is 11.0 Å². The first kappa shape index (κ1) is 13.6. The molecule has 0 spiro atoms. The van der Waals surface area contributed by atoms with Crippen LogP contribution in [0.2, 0.25) is 0 Å². The van der Waals surface area contributed by atoms with Crippen LogP contribution in [0.4, 0.5) is 0 Å². The monoisotopic (exact) mass is 278 g/mol. The minimum absolute atomic E-state index is 0.168. The topological polar surface area (TPSA) is 24.9 Å². The summed E-state index contributed by atoms with van der Waals surface area (Å²) >= 11 is 2.00. The summed E-state index contributed by atoms with van der Waals surface area (Å²) in [5, 5.41) is 5.27. The van der Waals surface area contributed by atoms with Gasteiger partial charge in [0.15, 0.2) is 0 Å². The van der Waals surface area contributed by atoms with Gasteiger partial charge in [-0.1, -0.05) is 19.8 Å². The number of aromatic nitrogens is 1. The molecule has 1 aromatic rings. The second kappa shape index (κ2) is 5.17. The highest BCUT2D eigenvalue weighted by atomic mass is 32.1. The van der Waals surface area contributed by atoms with Gasteiger partial charge in [-0.15, -0.1) is 11.3 Å². The number of rotatable bonds is 3. The van der Waals surface area contributed by atoms with Crippen molar-refractivity contribution < 1.29 is 0 Å². The van der Waals surface area contributed by atoms with Gasteiger partial charge >= 0.3 is 0 Å². The van der Waals surface area contributed by atoms with E-state index < -0.39 is 0 Å². The van der Waals surface area contributed by atoms with Crippen molar-refractivity contribution in [1.29, 1.82) is 0 Å². The molecule has 0 bridgehead atoms. The van der Waals surface area contributed by atoms with Gasteiger partial charge in [-0.2, -0.15) is 0 Å². The van der Waals surface area contributed by atoms with E-state index >= 15 is 0 Å². The number of nitrogens with zero attached hydrogens (tertiary/aromatic N) is 1. The van der Waals surface area contributed by atoms with Gasteiger partial charge in [0.05, 0.1) is 11.2 Å². The Morgan fingerprint density at radius 1 is 1.32 bits per heavy atom. The SMILES string of the molecule is CC1CCCC(NC(C)C)(c2nc3c(s2)CCC3)C1. The Hall–Kier alpha value is -0.410. The molecule has 1 heterocycles. The van der Waals surface area contributed by atoms with E-state index in [2.05, 4.69) is 26.1 Å². The molecule has 0 amide bonds. The molecule has 0 radical (unpaired) electrons. The maximum Gasteiger partial charge on any atom is 0.113 e. The van der Waals surface area contributed by atoms with Gasteiger partial charge in [0.1, 0.15) is 5.01 Å². The molecule has 106 valence electrons. The minimum Gasteiger partial charge on any atom is -0.303 e. The van der Waals surface area contributed by atoms with E-state index in [4.69, 9.17) is 4.98 Å². The number of fused-ring (bicyclic) bond motifs is 1. The maximum atomic E-state index is 5.03. The van der Waals surface area contributed by atoms with Crippen LogP contribution >= 0.6 is 11.3 Å². The molecule has 0 aliphatic heterocycles. The van der Waals surface area contributed by atoms with E-state index in [0.29, 0.717) is 6.04 Å². The van der Waals surface area contributed by atoms with Crippen molar-refractivity contribution in [1.82, 2.24) is 10.3 Å². The highest BCUT2D eigenvalue weighted by molar-refractivity contribution is 7.12. The molecular weight excluding hydrogens is 252 g/mol. The molecule has 2 nitrogen and oxygen atoms in total. The van der Waals surface area contributed by atoms with Crippen molar-refractivity contribution in [3.63, 3.8) is 0 Å². The highest BCUT2D eigenvalue weighted by Crippen LogP contribution is 2.43. The Kier molecular flexibility index (Phi) is 3.69. The van der Waals surface area contributed by atoms with Crippen LogP contribution in [0.3, 0.4) is 0 Å². The number of aryl methyl sites for hydroxylation is 2. The molecule has 3 heteroatoms. The van der Waals surface area contributed by atoms with Crippen LogP contribution in [0.15, 0.2) is 0 Å². The second-order valence-electron chi connectivity index (χ2n) is 6.83. The van der Waals surface area contributed by atoms with Crippen molar-refractivity contribution in [2.75, 3.05) is 0 Å². The van der Waals surface area contributed by atoms with E-state index in [-0.39, 0.29) is 5.54 Å². The molecule has 1 saturated carbocycles. The van der Waals surface area contributed by atoms with E-state index in [9.17, 15) is 0 Å². The van der Waals surface area contributed by atoms with Crippen molar-refractivity contribution in [2.24, 2.45) is 5.92 Å². The van der Waals surface area contributed by atoms with Gasteiger partial charge in [-0.05, 0) is 51.9 Å². The lowest BCUT2D eigenvalue weighted by molar-refractivity contribution is 0.174. The zero-order valence-corrected chi connectivity index (χ0v) is 13.3. The summed E-state index contributed by atoms with van der Waals surface area (Å²) in [5.74, 6) is 0.818. The summed E-state index contributed by atoms with van der Waals surface area (Å²) in [6, 6.07) is 0.532. The van der Waals surface area contributed by atoms with Crippen LogP contribution in [-0.2, 0) is 18.4 Å². The van der Waals surface area contributed by atoms with Gasteiger partial charge in [-0.3, -0.25) is 0 Å². The molecule has 19 heavy (non-hydrogen) atoms. The molecule has 0 saturated heterocycles. The Balaban J connectivity index is 1.93. The Labute approximate surface area is 121 Å². The van der Waals surface area contributed by atoms with Gasteiger partial charge in [0, 0.05) is 10.9 Å². The van der Waals surface area contributed by atoms with Crippen LogP contribution in [0, 0.1) is 5.92 Å². The third kappa shape index (κ3) is 2.59. The fourth-order valence-electron chi connectivity index (χ4n) is 3.89. The Morgan fingerprint density at radius 3 is 2.84 bits per heavy atom. The number of thiazole rings is 1. The highest BCUT2D eigenvalue weighted by Gasteiger charge is 2.40. The maximum absolute atomic E-state index is 5.03. The number of nitrogens with one attached hydrogen (secondary N) is 1. The molecule has 1 aromatic heterocycles. The molecule has 0 aromatic carbocycles. The third-order valence-electron chi connectivity index (χ3n) is 4.57. The Morgan fingerprint density at radius 2 is 2.16 bits per heavy atom. The molecule has 2 unspecified atom stereocenters. The summed E-state index contributed by atoms with van der Waals surface area (Å²) in [5.41, 5.74) is 1.57. The summed E-state index contributed by atoms with van der Waals surface area (Å²) in [6.45, 7) is 6.93. The molecule has 3 rings (SSSR count). The molecule has 1 fully saturated rings. The van der Waals surface area contributed by atoms with E-state index in [1.807, 2.05) is 11.3 Å². The zero-order valence-electron chi connectivity index (χ0n) is 12.5. The van der Waals surface area contributed by atoms with Gasteiger partial charge < -0.3 is 5.32 Å². The van der Waals surface area contributed by atoms with Gasteiger partial charge in [0.2, 0.25) is 0 Å². The fraction of sp³-hybridized carbons (Fsp3) is 0.812. The quantitative estimate of drug-likeness (QED) is 0.902. The van der Waals surface area contributed by atoms with Crippen molar-refractivity contribution >= 4 is 11.3 Å². The molecule has 2 atom stereocenters. The average molecular weight is 278 g/mol. The van der Waals surface area contributed by atoms with E-state index in [1.165, 1.54) is 55.6 Å². The summed E-state index contributed by atoms with van der Waals surface area (Å²) in [4.78, 5) is 6.60. The first-order valence-electron chi connectivity index (χ1n) is 7.86. The van der Waals surface area contributed by atoms with E-state index in [0.717, 1.165) is 5.92 Å². The smallest absolute Gasteiger partial charge is 0.113 e. The Bertz CT molecular complexity index is 426. The number of hydrogen-bond acceptors (Lipinski definition) is 3. The summed E-state index contributed by atoms with van der Waals surface area (Å²) < 4.78 is 0. The summed E-state index contributed by atoms with van der Waals surface area (Å²) in [6.07, 6.45) is 9.03. The summed E-state index contributed by atoms with van der Waals surface area (Å²) in [7, 11) is 0. The average Bonchev–Trinajstić information content (AvgIpc) is 2.87. The molecule has 2 aliphatic rings. The zero-order chi connectivity index (χ0) is 13.5. The standard InChI is InChI=1S/C16H26N2S/c1-11(2)18-16(9-5-6-12(3)10-16)15-17-13-7-4-8-14(13)19-15/h11-12,18H,4-10H2,1-3H3. The van der Waals surface area contributed by atoms with Crippen LogP contribution in [0.25, 0.3) is 0 Å². The van der Waals surface area contributed by atoms with E-state index in [1.54, 1.807) is 4.88 Å². The lowest BCUT2D eigenvalue weighted by atomic mass is 9.76. The van der Waals surface area contributed by atoms with Crippen LogP contribution < -0.4 is 5.32 Å². The lowest BCUT2D eigenvalue weighted by Gasteiger charge is -2.41. The minimum atomic E-state index is 0.168. The predicted molar refractivity (Wildman–Crippen MR) is 81.7 cm³/mol. The van der Waals surface area contributed by atoms with Crippen molar-refractivity contribution in [3.05, 3.63) is 15.6 Å². The van der Waals surface area contributed by atoms with Crippen molar-refractivity contribution in [2.45, 2.75) is 77.3 Å². The molecule has 2 aliphatic carbocycles. The third-order valence-corrected chi connectivity index (χ3v) is 5.93. The van der Waals surface area contributed by atoms with Gasteiger partial charge in [0.25, 0.3) is 0 Å². The van der Waals surface area contributed by atoms with Crippen LogP contribution in [0.5, 0.6) is 0 Å². The normalized spacial score (nSPS) is 30.8. The van der Waals surface area contributed by atoms with Crippen molar-refractivity contribution in [3.8, 4) is 0 Å². The van der Waals surface area contributed by atoms with Gasteiger partial charge in [-0.25, -0.2) is 4.98 Å². The second-order valence-corrected chi connectivity index (χ2v) is 7.91. The fourth-order valence-corrected chi connectivity index (χ4v) is 5.23. The number of hydrogen-bond donors (Lipinski definition) is 1. The van der Waals surface area contributed by atoms with Crippen LogP contribution in [0.1, 0.15) is 68.5 Å². The first-order chi connectivity index (χ1) is 9.09. The largest absolute Gasteiger partial charge is 0.303 e. The first-order valence-corrected chi connectivity index (χ1v) is 8.67. The lowest BCUT2D eigenvalue weighted by Crippen LogP contribution is -2.48.